The molecule has 0 aliphatic heterocycles. The third-order valence-electron chi connectivity index (χ3n) is 1.19. The zero-order chi connectivity index (χ0) is 7.66. The van der Waals surface area contributed by atoms with Gasteiger partial charge in [0.2, 0.25) is 0 Å². The van der Waals surface area contributed by atoms with E-state index < -0.39 is 0 Å². The maximum Gasteiger partial charge on any atom is 0.0357 e. The summed E-state index contributed by atoms with van der Waals surface area (Å²) in [6, 6.07) is 0. The van der Waals surface area contributed by atoms with E-state index in [1.54, 1.807) is 0 Å². The van der Waals surface area contributed by atoms with Crippen LogP contribution in [0, 0.1) is 0 Å². The van der Waals surface area contributed by atoms with Gasteiger partial charge in [0.25, 0.3) is 0 Å². The van der Waals surface area contributed by atoms with Crippen molar-refractivity contribution in [3.63, 3.8) is 0 Å². The van der Waals surface area contributed by atoms with E-state index in [0.717, 1.165) is 26.1 Å². The van der Waals surface area contributed by atoms with E-state index in [1.165, 1.54) is 6.42 Å². The van der Waals surface area contributed by atoms with Crippen molar-refractivity contribution in [2.24, 2.45) is 4.99 Å². The van der Waals surface area contributed by atoms with Gasteiger partial charge in [0.15, 0.2) is 0 Å². The van der Waals surface area contributed by atoms with E-state index in [4.69, 9.17) is 0 Å². The first-order valence-electron chi connectivity index (χ1n) is 4.10. The molecule has 0 heterocycles. The molecular weight excluding hydrogens is 124 g/mol. The second kappa shape index (κ2) is 8.63. The van der Waals surface area contributed by atoms with Gasteiger partial charge in [-0.25, -0.2) is 0 Å². The summed E-state index contributed by atoms with van der Waals surface area (Å²) in [5.74, 6) is 0. The average Bonchev–Trinajstić information content (AvgIpc) is 1.97. The minimum Gasteiger partial charge on any atom is -0.316 e. The molecule has 0 saturated carbocycles. The normalized spacial score (nSPS) is 11.0. The second-order valence-electron chi connectivity index (χ2n) is 2.22. The third kappa shape index (κ3) is 7.63. The molecule has 0 aromatic rings. The largest absolute Gasteiger partial charge is 0.316 e. The first-order chi connectivity index (χ1) is 4.91. The lowest BCUT2D eigenvalue weighted by Crippen LogP contribution is -2.15. The van der Waals surface area contributed by atoms with E-state index in [-0.39, 0.29) is 0 Å². The quantitative estimate of drug-likeness (QED) is 0.441. The fraction of sp³-hybridized carbons (Fsp3) is 0.875. The zero-order valence-corrected chi connectivity index (χ0v) is 7.06. The summed E-state index contributed by atoms with van der Waals surface area (Å²) in [7, 11) is 0. The van der Waals surface area contributed by atoms with E-state index >= 15 is 0 Å². The Kier molecular flexibility index (Phi) is 8.31. The monoisotopic (exact) mass is 142 g/mol. The minimum atomic E-state index is 0.910. The Morgan fingerprint density at radius 3 is 2.70 bits per heavy atom. The van der Waals surface area contributed by atoms with E-state index in [2.05, 4.69) is 24.2 Å². The number of nitrogens with zero attached hydrogens (tertiary/aromatic N) is 1. The molecule has 0 aliphatic carbocycles. The van der Waals surface area contributed by atoms with Crippen molar-refractivity contribution in [3.8, 4) is 0 Å². The lowest BCUT2D eigenvalue weighted by atomic mass is 10.4. The number of hydrogen-bond donors (Lipinski definition) is 1. The van der Waals surface area contributed by atoms with Crippen molar-refractivity contribution in [2.75, 3.05) is 19.6 Å². The molecule has 0 radical (unpaired) electrons. The number of aliphatic imine (C=N–C) groups is 1. The number of rotatable bonds is 6. The summed E-state index contributed by atoms with van der Waals surface area (Å²) in [4.78, 5) is 4.10. The second-order valence-corrected chi connectivity index (χ2v) is 2.22. The van der Waals surface area contributed by atoms with Crippen LogP contribution in [0.3, 0.4) is 0 Å². The molecule has 0 spiro atoms. The molecule has 0 saturated heterocycles. The highest BCUT2D eigenvalue weighted by Gasteiger charge is 1.80. The van der Waals surface area contributed by atoms with E-state index in [1.807, 2.05) is 6.21 Å². The highest BCUT2D eigenvalue weighted by Crippen LogP contribution is 1.74. The van der Waals surface area contributed by atoms with Crippen molar-refractivity contribution in [3.05, 3.63) is 0 Å². The molecule has 0 aliphatic rings. The fourth-order valence-electron chi connectivity index (χ4n) is 0.689. The van der Waals surface area contributed by atoms with Crippen molar-refractivity contribution in [1.82, 2.24) is 5.32 Å². The van der Waals surface area contributed by atoms with Crippen molar-refractivity contribution >= 4 is 6.21 Å². The van der Waals surface area contributed by atoms with Gasteiger partial charge in [-0.15, -0.1) is 0 Å². The Balaban J connectivity index is 2.83. The van der Waals surface area contributed by atoms with Gasteiger partial charge in [0, 0.05) is 13.1 Å². The van der Waals surface area contributed by atoms with Crippen LogP contribution < -0.4 is 5.32 Å². The standard InChI is InChI=1S/C8H18N2/c1-3-6-10-8-5-7-9-4-2/h7,10H,3-6,8H2,1-2H3. The Bertz CT molecular complexity index is 79.3. The Hall–Kier alpha value is -0.370. The first kappa shape index (κ1) is 9.63. The van der Waals surface area contributed by atoms with E-state index in [0.29, 0.717) is 0 Å². The van der Waals surface area contributed by atoms with Gasteiger partial charge in [-0.2, -0.15) is 0 Å². The molecule has 0 amide bonds. The number of nitrogens with one attached hydrogen (secondary N) is 1. The average molecular weight is 142 g/mol. The Morgan fingerprint density at radius 1 is 1.30 bits per heavy atom. The summed E-state index contributed by atoms with van der Waals surface area (Å²) < 4.78 is 0. The zero-order valence-electron chi connectivity index (χ0n) is 7.06. The lowest BCUT2D eigenvalue weighted by Gasteiger charge is -1.96. The van der Waals surface area contributed by atoms with Crippen LogP contribution in [0.4, 0.5) is 0 Å². The highest BCUT2D eigenvalue weighted by molar-refractivity contribution is 5.57. The molecular formula is C8H18N2. The van der Waals surface area contributed by atoms with Crippen LogP contribution in [0.2, 0.25) is 0 Å². The summed E-state index contributed by atoms with van der Waals surface area (Å²) >= 11 is 0. The molecule has 0 aromatic heterocycles. The molecule has 0 fully saturated rings. The Labute approximate surface area is 63.7 Å². The predicted molar refractivity (Wildman–Crippen MR) is 46.8 cm³/mol. The summed E-state index contributed by atoms with van der Waals surface area (Å²) in [5, 5.41) is 3.30. The first-order valence-corrected chi connectivity index (χ1v) is 4.10. The van der Waals surface area contributed by atoms with Crippen LogP contribution in [-0.4, -0.2) is 25.8 Å². The molecule has 2 heteroatoms. The van der Waals surface area contributed by atoms with Crippen LogP contribution >= 0.6 is 0 Å². The van der Waals surface area contributed by atoms with Crippen LogP contribution in [0.15, 0.2) is 4.99 Å². The van der Waals surface area contributed by atoms with Gasteiger partial charge in [-0.05, 0) is 32.5 Å². The minimum absolute atomic E-state index is 0.910. The van der Waals surface area contributed by atoms with Gasteiger partial charge < -0.3 is 5.32 Å². The maximum atomic E-state index is 4.10. The summed E-state index contributed by atoms with van der Waals surface area (Å²) in [6.07, 6.45) is 4.27. The molecule has 10 heavy (non-hydrogen) atoms. The molecule has 0 bridgehead atoms. The van der Waals surface area contributed by atoms with Crippen LogP contribution in [-0.2, 0) is 0 Å². The van der Waals surface area contributed by atoms with E-state index in [9.17, 15) is 0 Å². The van der Waals surface area contributed by atoms with Crippen LogP contribution in [0.25, 0.3) is 0 Å². The predicted octanol–water partition coefficient (Wildman–Crippen LogP) is 1.47. The fourth-order valence-corrected chi connectivity index (χ4v) is 0.689. The molecule has 60 valence electrons. The topological polar surface area (TPSA) is 24.4 Å². The molecule has 0 rings (SSSR count). The van der Waals surface area contributed by atoms with Crippen molar-refractivity contribution in [1.29, 1.82) is 0 Å². The third-order valence-corrected chi connectivity index (χ3v) is 1.19. The van der Waals surface area contributed by atoms with Crippen molar-refractivity contribution in [2.45, 2.75) is 26.7 Å². The Morgan fingerprint density at radius 2 is 2.10 bits per heavy atom. The SMILES string of the molecule is CCCNCCC=NCC. The molecule has 0 aromatic carbocycles. The van der Waals surface area contributed by atoms with Gasteiger partial charge >= 0.3 is 0 Å². The molecule has 1 N–H and O–H groups in total. The van der Waals surface area contributed by atoms with Gasteiger partial charge in [0.05, 0.1) is 0 Å². The van der Waals surface area contributed by atoms with Gasteiger partial charge in [0.1, 0.15) is 0 Å². The van der Waals surface area contributed by atoms with Crippen molar-refractivity contribution < 1.29 is 0 Å². The highest BCUT2D eigenvalue weighted by atomic mass is 14.8. The van der Waals surface area contributed by atoms with Gasteiger partial charge in [-0.1, -0.05) is 6.92 Å². The molecule has 2 nitrogen and oxygen atoms in total. The summed E-state index contributed by atoms with van der Waals surface area (Å²) in [5.41, 5.74) is 0. The molecule has 0 atom stereocenters. The van der Waals surface area contributed by atoms with Crippen LogP contribution in [0.5, 0.6) is 0 Å². The molecule has 0 unspecified atom stereocenters. The van der Waals surface area contributed by atoms with Gasteiger partial charge in [-0.3, -0.25) is 4.99 Å². The number of hydrogen-bond acceptors (Lipinski definition) is 2. The maximum absolute atomic E-state index is 4.10. The summed E-state index contributed by atoms with van der Waals surface area (Å²) in [6.45, 7) is 7.33. The smallest absolute Gasteiger partial charge is 0.0357 e. The lowest BCUT2D eigenvalue weighted by molar-refractivity contribution is 0.688. The van der Waals surface area contributed by atoms with Crippen LogP contribution in [0.1, 0.15) is 26.7 Å².